The van der Waals surface area contributed by atoms with Gasteiger partial charge >= 0.3 is 5.97 Å². The molecule has 2 atom stereocenters. The maximum absolute atomic E-state index is 13.4. The van der Waals surface area contributed by atoms with E-state index in [9.17, 15) is 13.4 Å². The van der Waals surface area contributed by atoms with Gasteiger partial charge in [0, 0.05) is 24.1 Å². The average molecular weight is 465 g/mol. The lowest BCUT2D eigenvalue weighted by molar-refractivity contribution is -0.134. The summed E-state index contributed by atoms with van der Waals surface area (Å²) in [5.41, 5.74) is 0.953. The van der Waals surface area contributed by atoms with Gasteiger partial charge in [-0.15, -0.1) is 11.8 Å². The van der Waals surface area contributed by atoms with Crippen molar-refractivity contribution in [1.82, 2.24) is 4.98 Å². The number of anilines is 2. The molecule has 2 unspecified atom stereocenters. The van der Waals surface area contributed by atoms with Crippen LogP contribution in [0, 0.1) is 5.92 Å². The first-order chi connectivity index (χ1) is 14.9. The van der Waals surface area contributed by atoms with Gasteiger partial charge in [-0.2, -0.15) is 4.39 Å². The van der Waals surface area contributed by atoms with Crippen LogP contribution in [0.4, 0.5) is 15.9 Å². The summed E-state index contributed by atoms with van der Waals surface area (Å²) in [7, 11) is -1.33. The molecular weight excluding hydrogens is 439 g/mol. The van der Waals surface area contributed by atoms with Gasteiger partial charge in [0.15, 0.2) is 11.6 Å². The van der Waals surface area contributed by atoms with Crippen LogP contribution in [-0.2, 0) is 15.6 Å². The standard InChI is InChI=1S/C22H25FN2O4S2/c1-3-4-8-15-12-25(16-9-6-5-7-10-16)20-19(31(28)14-15)11-18(21(24-20)30-2)29-13-17(23)22(26)27/h5-7,9-11,13,15H,3-4,8,12,14H2,1-2H3,(H,26,27)/b17-13-. The molecule has 2 heterocycles. The van der Waals surface area contributed by atoms with E-state index in [1.165, 1.54) is 11.8 Å². The van der Waals surface area contributed by atoms with Gasteiger partial charge in [0.05, 0.1) is 15.7 Å². The fourth-order valence-corrected chi connectivity index (χ4v) is 5.38. The highest BCUT2D eigenvalue weighted by Gasteiger charge is 2.30. The topological polar surface area (TPSA) is 79.7 Å². The van der Waals surface area contributed by atoms with E-state index in [-0.39, 0.29) is 11.7 Å². The van der Waals surface area contributed by atoms with Crippen LogP contribution in [0.25, 0.3) is 0 Å². The Kier molecular flexibility index (Phi) is 8.09. The predicted octanol–water partition coefficient (Wildman–Crippen LogP) is 5.14. The van der Waals surface area contributed by atoms with Crippen LogP contribution < -0.4 is 9.64 Å². The van der Waals surface area contributed by atoms with Gasteiger partial charge in [-0.05, 0) is 30.7 Å². The second-order valence-electron chi connectivity index (χ2n) is 7.17. The van der Waals surface area contributed by atoms with Crippen molar-refractivity contribution in [2.24, 2.45) is 5.92 Å². The first-order valence-corrected chi connectivity index (χ1v) is 12.5. The summed E-state index contributed by atoms with van der Waals surface area (Å²) in [6, 6.07) is 11.4. The third-order valence-corrected chi connectivity index (χ3v) is 7.19. The van der Waals surface area contributed by atoms with E-state index < -0.39 is 22.6 Å². The van der Waals surface area contributed by atoms with Crippen LogP contribution in [0.15, 0.2) is 58.4 Å². The van der Waals surface area contributed by atoms with Crippen LogP contribution in [0.1, 0.15) is 26.2 Å². The first-order valence-electron chi connectivity index (χ1n) is 10.00. The number of benzene rings is 1. The zero-order chi connectivity index (χ0) is 22.4. The lowest BCUT2D eigenvalue weighted by atomic mass is 10.0. The molecule has 1 aromatic carbocycles. The van der Waals surface area contributed by atoms with Crippen molar-refractivity contribution in [3.63, 3.8) is 0 Å². The van der Waals surface area contributed by atoms with Crippen molar-refractivity contribution in [3.05, 3.63) is 48.5 Å². The molecule has 0 bridgehead atoms. The van der Waals surface area contributed by atoms with Gasteiger partial charge in [-0.3, -0.25) is 4.21 Å². The Balaban J connectivity index is 2.08. The van der Waals surface area contributed by atoms with E-state index in [1.54, 1.807) is 12.3 Å². The van der Waals surface area contributed by atoms with E-state index in [4.69, 9.17) is 14.8 Å². The number of carbonyl (C=O) groups is 1. The van der Waals surface area contributed by atoms with Crippen molar-refractivity contribution in [2.75, 3.05) is 23.5 Å². The number of ether oxygens (including phenoxy) is 1. The first kappa shape index (κ1) is 23.3. The number of halogens is 1. The summed E-state index contributed by atoms with van der Waals surface area (Å²) >= 11 is 1.29. The van der Waals surface area contributed by atoms with Crippen molar-refractivity contribution >= 4 is 40.0 Å². The zero-order valence-corrected chi connectivity index (χ0v) is 19.0. The normalized spacial score (nSPS) is 18.9. The van der Waals surface area contributed by atoms with Crippen molar-refractivity contribution < 1.29 is 23.2 Å². The SMILES string of the molecule is CCCCC1CN(c2ccccc2)c2nc(SC)c(O/C=C(\F)C(=O)O)cc2S(=O)C1. The number of unbranched alkanes of at least 4 members (excludes halogenated alkanes) is 1. The highest BCUT2D eigenvalue weighted by molar-refractivity contribution is 7.98. The Morgan fingerprint density at radius 1 is 1.42 bits per heavy atom. The number of para-hydroxylation sites is 1. The average Bonchev–Trinajstić information content (AvgIpc) is 2.91. The number of hydrogen-bond acceptors (Lipinski definition) is 6. The third kappa shape index (κ3) is 5.65. The minimum atomic E-state index is -1.72. The molecule has 0 amide bonds. The van der Waals surface area contributed by atoms with Gasteiger partial charge in [0.1, 0.15) is 11.3 Å². The summed E-state index contributed by atoms with van der Waals surface area (Å²) in [6.07, 6.45) is 5.41. The van der Waals surface area contributed by atoms with E-state index in [0.29, 0.717) is 34.3 Å². The molecule has 0 radical (unpaired) electrons. The molecule has 166 valence electrons. The summed E-state index contributed by atoms with van der Waals surface area (Å²) in [5.74, 6) is -1.66. The van der Waals surface area contributed by atoms with E-state index in [1.807, 2.05) is 30.3 Å². The summed E-state index contributed by atoms with van der Waals surface area (Å²) < 4.78 is 32.0. The van der Waals surface area contributed by atoms with Crippen LogP contribution in [0.2, 0.25) is 0 Å². The quantitative estimate of drug-likeness (QED) is 0.329. The molecule has 1 N–H and O–H groups in total. The number of pyridine rings is 1. The monoisotopic (exact) mass is 464 g/mol. The number of fused-ring (bicyclic) bond motifs is 1. The van der Waals surface area contributed by atoms with Gasteiger partial charge in [-0.25, -0.2) is 9.78 Å². The smallest absolute Gasteiger partial charge is 0.368 e. The van der Waals surface area contributed by atoms with Crippen LogP contribution in [-0.4, -0.2) is 38.8 Å². The number of rotatable bonds is 8. The number of nitrogens with zero attached hydrogens (tertiary/aromatic N) is 2. The van der Waals surface area contributed by atoms with E-state index in [0.717, 1.165) is 24.9 Å². The van der Waals surface area contributed by atoms with Gasteiger partial charge in [-0.1, -0.05) is 38.0 Å². The highest BCUT2D eigenvalue weighted by Crippen LogP contribution is 2.39. The molecule has 0 fully saturated rings. The summed E-state index contributed by atoms with van der Waals surface area (Å²) in [4.78, 5) is 18.0. The number of carboxylic acids is 1. The fourth-order valence-electron chi connectivity index (χ4n) is 3.41. The number of hydrogen-bond donors (Lipinski definition) is 1. The van der Waals surface area contributed by atoms with Gasteiger partial charge in [0.2, 0.25) is 5.83 Å². The number of aromatic nitrogens is 1. The molecule has 0 spiro atoms. The molecule has 0 saturated carbocycles. The molecule has 1 aliphatic rings. The van der Waals surface area contributed by atoms with Crippen molar-refractivity contribution in [1.29, 1.82) is 0 Å². The molecule has 9 heteroatoms. The Morgan fingerprint density at radius 3 is 2.81 bits per heavy atom. The Bertz CT molecular complexity index is 985. The number of thioether (sulfide) groups is 1. The molecule has 0 aliphatic carbocycles. The van der Waals surface area contributed by atoms with Crippen LogP contribution in [0.5, 0.6) is 5.75 Å². The molecule has 3 rings (SSSR count). The molecule has 1 aliphatic heterocycles. The zero-order valence-electron chi connectivity index (χ0n) is 17.4. The molecule has 1 aromatic heterocycles. The maximum atomic E-state index is 13.4. The Morgan fingerprint density at radius 2 is 2.16 bits per heavy atom. The summed E-state index contributed by atoms with van der Waals surface area (Å²) in [6.45, 7) is 2.83. The molecular formula is C22H25FN2O4S2. The van der Waals surface area contributed by atoms with Gasteiger partial charge < -0.3 is 14.7 Å². The van der Waals surface area contributed by atoms with Crippen LogP contribution in [0.3, 0.4) is 0 Å². The maximum Gasteiger partial charge on any atom is 0.368 e. The van der Waals surface area contributed by atoms with Crippen molar-refractivity contribution in [2.45, 2.75) is 36.1 Å². The second-order valence-corrected chi connectivity index (χ2v) is 9.43. The minimum absolute atomic E-state index is 0.177. The second kappa shape index (κ2) is 10.8. The lowest BCUT2D eigenvalue weighted by Crippen LogP contribution is -2.26. The third-order valence-electron chi connectivity index (χ3n) is 4.95. The largest absolute Gasteiger partial charge is 0.476 e. The Labute approximate surface area is 188 Å². The molecule has 6 nitrogen and oxygen atoms in total. The number of carboxylic acid groups (broad SMARTS) is 1. The highest BCUT2D eigenvalue weighted by atomic mass is 32.2. The molecule has 0 saturated heterocycles. The fraction of sp³-hybridized carbons (Fsp3) is 0.364. The predicted molar refractivity (Wildman–Crippen MR) is 121 cm³/mol. The van der Waals surface area contributed by atoms with E-state index >= 15 is 0 Å². The molecule has 31 heavy (non-hydrogen) atoms. The summed E-state index contributed by atoms with van der Waals surface area (Å²) in [5, 5.41) is 9.18. The van der Waals surface area contributed by atoms with Crippen LogP contribution >= 0.6 is 11.8 Å². The number of aliphatic carboxylic acids is 1. The van der Waals surface area contributed by atoms with Gasteiger partial charge in [0.25, 0.3) is 0 Å². The molecule has 2 aromatic rings. The minimum Gasteiger partial charge on any atom is -0.476 e. The Hall–Kier alpha value is -2.39. The van der Waals surface area contributed by atoms with E-state index in [2.05, 4.69) is 11.8 Å². The lowest BCUT2D eigenvalue weighted by Gasteiger charge is -2.27. The van der Waals surface area contributed by atoms with Crippen molar-refractivity contribution in [3.8, 4) is 5.75 Å².